The second-order valence-corrected chi connectivity index (χ2v) is 11.9. The van der Waals surface area contributed by atoms with Gasteiger partial charge < -0.3 is 9.13 Å². The van der Waals surface area contributed by atoms with Crippen LogP contribution in [0, 0.1) is 6.92 Å². The lowest BCUT2D eigenvalue weighted by molar-refractivity contribution is 1.18. The van der Waals surface area contributed by atoms with Crippen molar-refractivity contribution in [2.24, 2.45) is 0 Å². The van der Waals surface area contributed by atoms with Crippen LogP contribution in [0.3, 0.4) is 0 Å². The van der Waals surface area contributed by atoms with Gasteiger partial charge in [-0.1, -0.05) is 109 Å². The van der Waals surface area contributed by atoms with Crippen LogP contribution in [0.1, 0.15) is 5.56 Å². The molecule has 0 fully saturated rings. The second kappa shape index (κ2) is 10.1. The van der Waals surface area contributed by atoms with Crippen LogP contribution < -0.4 is 0 Å². The van der Waals surface area contributed by atoms with Crippen LogP contribution in [-0.4, -0.2) is 9.13 Å². The van der Waals surface area contributed by atoms with Crippen LogP contribution in [-0.2, 0) is 0 Å². The zero-order chi connectivity index (χ0) is 29.9. The van der Waals surface area contributed by atoms with Gasteiger partial charge in [0.15, 0.2) is 0 Å². The number of hydrogen-bond donors (Lipinski definition) is 0. The molecule has 0 saturated carbocycles. The molecule has 0 aliphatic rings. The van der Waals surface area contributed by atoms with Crippen molar-refractivity contribution in [2.45, 2.75) is 6.92 Å². The quantitative estimate of drug-likeness (QED) is 0.198. The second-order valence-electron chi connectivity index (χ2n) is 11.9. The number of aryl methyl sites for hydroxylation is 1. The van der Waals surface area contributed by atoms with E-state index < -0.39 is 0 Å². The first-order valence-corrected chi connectivity index (χ1v) is 15.5. The normalized spacial score (nSPS) is 11.7. The van der Waals surface area contributed by atoms with Gasteiger partial charge in [0.2, 0.25) is 0 Å². The van der Waals surface area contributed by atoms with Crippen molar-refractivity contribution in [3.63, 3.8) is 0 Å². The molecule has 0 bridgehead atoms. The van der Waals surface area contributed by atoms with Crippen LogP contribution in [0.15, 0.2) is 164 Å². The van der Waals surface area contributed by atoms with E-state index in [9.17, 15) is 0 Å². The van der Waals surface area contributed by atoms with Crippen molar-refractivity contribution < 1.29 is 0 Å². The van der Waals surface area contributed by atoms with Gasteiger partial charge >= 0.3 is 0 Å². The molecule has 2 heteroatoms. The molecule has 0 unspecified atom stereocenters. The molecule has 212 valence electrons. The monoisotopic (exact) mass is 574 g/mol. The third-order valence-electron chi connectivity index (χ3n) is 9.12. The molecule has 0 aliphatic carbocycles. The summed E-state index contributed by atoms with van der Waals surface area (Å²) in [6, 6.07) is 59.5. The highest BCUT2D eigenvalue weighted by atomic mass is 15.0. The van der Waals surface area contributed by atoms with E-state index in [1.165, 1.54) is 82.8 Å². The lowest BCUT2D eigenvalue weighted by Gasteiger charge is -2.14. The molecule has 0 spiro atoms. The van der Waals surface area contributed by atoms with Gasteiger partial charge in [0, 0.05) is 38.5 Å². The largest absolute Gasteiger partial charge is 0.309 e. The van der Waals surface area contributed by atoms with E-state index >= 15 is 0 Å². The Kier molecular flexibility index (Phi) is 5.76. The number of para-hydroxylation sites is 5. The Bertz CT molecular complexity index is 2530. The first-order valence-electron chi connectivity index (χ1n) is 15.5. The summed E-state index contributed by atoms with van der Waals surface area (Å²) < 4.78 is 4.80. The molecule has 2 heterocycles. The standard InChI is InChI=1S/C43H30N2/c1-29-25-31(30-23-24-42-39(28-30)37-18-9-10-21-40(37)44(42)33-13-4-2-5-14-33)27-32(26-29)35-19-12-20-38-36-17-8-11-22-41(36)45(43(35)38)34-15-6-3-7-16-34/h2-28H,1H3. The van der Waals surface area contributed by atoms with Crippen molar-refractivity contribution in [1.82, 2.24) is 9.13 Å². The average molecular weight is 575 g/mol. The third-order valence-corrected chi connectivity index (χ3v) is 9.12. The predicted octanol–water partition coefficient (Wildman–Crippen LogP) is 11.5. The molecule has 45 heavy (non-hydrogen) atoms. The molecular weight excluding hydrogens is 544 g/mol. The summed E-state index contributed by atoms with van der Waals surface area (Å²) in [5.41, 5.74) is 13.4. The van der Waals surface area contributed by atoms with Gasteiger partial charge in [0.25, 0.3) is 0 Å². The lowest BCUT2D eigenvalue weighted by Crippen LogP contribution is -1.95. The maximum Gasteiger partial charge on any atom is 0.0619 e. The van der Waals surface area contributed by atoms with Crippen molar-refractivity contribution >= 4 is 43.6 Å². The smallest absolute Gasteiger partial charge is 0.0619 e. The summed E-state index contributed by atoms with van der Waals surface area (Å²) in [4.78, 5) is 0. The SMILES string of the molecule is Cc1cc(-c2ccc3c(c2)c2ccccc2n3-c2ccccc2)cc(-c2cccc3c4ccccc4n(-c4ccccc4)c23)c1. The topological polar surface area (TPSA) is 9.86 Å². The fraction of sp³-hybridized carbons (Fsp3) is 0.0233. The summed E-state index contributed by atoms with van der Waals surface area (Å²) >= 11 is 0. The van der Waals surface area contributed by atoms with Crippen LogP contribution in [0.4, 0.5) is 0 Å². The average Bonchev–Trinajstić information content (AvgIpc) is 3.61. The zero-order valence-electron chi connectivity index (χ0n) is 25.0. The fourth-order valence-electron chi connectivity index (χ4n) is 7.21. The minimum absolute atomic E-state index is 1.17. The summed E-state index contributed by atoms with van der Waals surface area (Å²) in [7, 11) is 0. The maximum absolute atomic E-state index is 2.42. The van der Waals surface area contributed by atoms with Gasteiger partial charge in [-0.3, -0.25) is 0 Å². The van der Waals surface area contributed by atoms with Crippen molar-refractivity contribution in [2.75, 3.05) is 0 Å². The number of rotatable bonds is 4. The molecule has 0 atom stereocenters. The Balaban J connectivity index is 1.27. The van der Waals surface area contributed by atoms with Crippen LogP contribution >= 0.6 is 0 Å². The fourth-order valence-corrected chi connectivity index (χ4v) is 7.21. The van der Waals surface area contributed by atoms with E-state index in [4.69, 9.17) is 0 Å². The van der Waals surface area contributed by atoms with Crippen molar-refractivity contribution in [1.29, 1.82) is 0 Å². The predicted molar refractivity (Wildman–Crippen MR) is 191 cm³/mol. The highest BCUT2D eigenvalue weighted by Crippen LogP contribution is 2.40. The number of aromatic nitrogens is 2. The van der Waals surface area contributed by atoms with E-state index in [0.29, 0.717) is 0 Å². The maximum atomic E-state index is 2.42. The van der Waals surface area contributed by atoms with E-state index in [0.717, 1.165) is 0 Å². The van der Waals surface area contributed by atoms with Crippen molar-refractivity contribution in [3.05, 3.63) is 169 Å². The number of nitrogens with zero attached hydrogens (tertiary/aromatic N) is 2. The molecule has 0 radical (unpaired) electrons. The summed E-state index contributed by atoms with van der Waals surface area (Å²) in [5.74, 6) is 0. The molecule has 9 aromatic rings. The first kappa shape index (κ1) is 25.6. The minimum Gasteiger partial charge on any atom is -0.309 e. The van der Waals surface area contributed by atoms with Crippen LogP contribution in [0.25, 0.3) is 77.2 Å². The Labute approximate surface area is 262 Å². The number of benzene rings is 7. The molecule has 2 aromatic heterocycles. The highest BCUT2D eigenvalue weighted by Gasteiger charge is 2.18. The number of fused-ring (bicyclic) bond motifs is 6. The number of hydrogen-bond acceptors (Lipinski definition) is 0. The molecule has 0 saturated heterocycles. The Morgan fingerprint density at radius 3 is 1.64 bits per heavy atom. The Morgan fingerprint density at radius 1 is 0.356 bits per heavy atom. The van der Waals surface area contributed by atoms with Gasteiger partial charge in [-0.15, -0.1) is 0 Å². The molecule has 0 aliphatic heterocycles. The molecule has 9 rings (SSSR count). The highest BCUT2D eigenvalue weighted by molar-refractivity contribution is 6.14. The summed E-state index contributed by atoms with van der Waals surface area (Å²) in [5, 5.41) is 5.07. The zero-order valence-corrected chi connectivity index (χ0v) is 25.0. The van der Waals surface area contributed by atoms with Gasteiger partial charge in [0.05, 0.1) is 22.1 Å². The molecule has 7 aromatic carbocycles. The third kappa shape index (κ3) is 4.03. The van der Waals surface area contributed by atoms with Gasteiger partial charge in [0.1, 0.15) is 0 Å². The van der Waals surface area contributed by atoms with E-state index in [1.807, 2.05) is 0 Å². The van der Waals surface area contributed by atoms with Gasteiger partial charge in [-0.25, -0.2) is 0 Å². The van der Waals surface area contributed by atoms with E-state index in [1.54, 1.807) is 0 Å². The Morgan fingerprint density at radius 2 is 0.911 bits per heavy atom. The van der Waals surface area contributed by atoms with Crippen LogP contribution in [0.2, 0.25) is 0 Å². The summed E-state index contributed by atoms with van der Waals surface area (Å²) in [6.07, 6.45) is 0. The van der Waals surface area contributed by atoms with E-state index in [2.05, 4.69) is 180 Å². The minimum atomic E-state index is 1.17. The first-order chi connectivity index (χ1) is 22.2. The van der Waals surface area contributed by atoms with E-state index in [-0.39, 0.29) is 0 Å². The van der Waals surface area contributed by atoms with Gasteiger partial charge in [-0.05, 0) is 83.8 Å². The molecule has 0 N–H and O–H groups in total. The molecule has 2 nitrogen and oxygen atoms in total. The van der Waals surface area contributed by atoms with Crippen molar-refractivity contribution in [3.8, 4) is 33.6 Å². The Hall–Kier alpha value is -5.86. The summed E-state index contributed by atoms with van der Waals surface area (Å²) in [6.45, 7) is 2.21. The lowest BCUT2D eigenvalue weighted by atomic mass is 9.94. The molecular formula is C43H30N2. The van der Waals surface area contributed by atoms with Gasteiger partial charge in [-0.2, -0.15) is 0 Å². The molecule has 0 amide bonds. The van der Waals surface area contributed by atoms with Crippen LogP contribution in [0.5, 0.6) is 0 Å².